The maximum absolute atomic E-state index is 9.12. The van der Waals surface area contributed by atoms with Gasteiger partial charge in [-0.2, -0.15) is 4.41 Å². The number of hydrazine groups is 1. The summed E-state index contributed by atoms with van der Waals surface area (Å²) in [6.07, 6.45) is 3.53. The third kappa shape index (κ3) is 2.12. The topological polar surface area (TPSA) is 49.5 Å². The lowest BCUT2D eigenvalue weighted by molar-refractivity contribution is 0.103. The minimum Gasteiger partial charge on any atom is -0.393 e. The second-order valence-electron chi connectivity index (χ2n) is 2.84. The summed E-state index contributed by atoms with van der Waals surface area (Å²) < 4.78 is 1.45. The van der Waals surface area contributed by atoms with Gasteiger partial charge in [-0.25, -0.2) is 0 Å². The molecule has 1 aliphatic carbocycles. The molecule has 1 aliphatic rings. The van der Waals surface area contributed by atoms with E-state index in [4.69, 9.17) is 10.9 Å². The maximum Gasteiger partial charge on any atom is 0.0541 e. The van der Waals surface area contributed by atoms with E-state index in [9.17, 15) is 0 Å². The summed E-state index contributed by atoms with van der Waals surface area (Å²) in [5.74, 6) is 5.43. The Balaban J connectivity index is 2.26. The molecule has 1 fully saturated rings. The number of aliphatic hydroxyl groups excluding tert-OH is 1. The molecular formula is C6H14N2OS. The molecule has 10 heavy (non-hydrogen) atoms. The van der Waals surface area contributed by atoms with Gasteiger partial charge in [0.25, 0.3) is 0 Å². The maximum atomic E-state index is 9.12. The Bertz CT molecular complexity index is 102. The van der Waals surface area contributed by atoms with Crippen LogP contribution in [0.5, 0.6) is 0 Å². The van der Waals surface area contributed by atoms with Crippen molar-refractivity contribution in [1.82, 2.24) is 4.41 Å². The lowest BCUT2D eigenvalue weighted by Crippen LogP contribution is -2.37. The van der Waals surface area contributed by atoms with E-state index in [0.29, 0.717) is 6.04 Å². The molecule has 0 bridgehead atoms. The molecule has 0 unspecified atom stereocenters. The Morgan fingerprint density at radius 3 is 2.20 bits per heavy atom. The molecule has 0 saturated heterocycles. The molecule has 1 saturated carbocycles. The molecule has 0 aliphatic heterocycles. The SMILES string of the molecule is NN(S)C1CCC(O)CC1. The number of hydrogen-bond acceptors (Lipinski definition) is 4. The van der Waals surface area contributed by atoms with Crippen LogP contribution in [0.4, 0.5) is 0 Å². The number of aliphatic hydroxyl groups is 1. The summed E-state index contributed by atoms with van der Waals surface area (Å²) in [7, 11) is 0. The lowest BCUT2D eigenvalue weighted by atomic mass is 9.94. The molecule has 0 aromatic carbocycles. The van der Waals surface area contributed by atoms with Crippen molar-refractivity contribution in [3.8, 4) is 0 Å². The third-order valence-electron chi connectivity index (χ3n) is 2.04. The lowest BCUT2D eigenvalue weighted by Gasteiger charge is -2.28. The zero-order valence-corrected chi connectivity index (χ0v) is 6.80. The third-order valence-corrected chi connectivity index (χ3v) is 2.37. The molecular weight excluding hydrogens is 148 g/mol. The molecule has 0 radical (unpaired) electrons. The molecule has 0 heterocycles. The van der Waals surface area contributed by atoms with Gasteiger partial charge in [-0.3, -0.25) is 5.84 Å². The van der Waals surface area contributed by atoms with E-state index in [1.807, 2.05) is 0 Å². The van der Waals surface area contributed by atoms with Gasteiger partial charge in [0.15, 0.2) is 0 Å². The van der Waals surface area contributed by atoms with Crippen LogP contribution in [0.3, 0.4) is 0 Å². The summed E-state index contributed by atoms with van der Waals surface area (Å²) in [5.41, 5.74) is 0. The highest BCUT2D eigenvalue weighted by atomic mass is 32.1. The van der Waals surface area contributed by atoms with Crippen molar-refractivity contribution in [2.45, 2.75) is 37.8 Å². The average molecular weight is 162 g/mol. The highest BCUT2D eigenvalue weighted by Crippen LogP contribution is 2.21. The molecule has 60 valence electrons. The molecule has 0 aromatic rings. The fraction of sp³-hybridized carbons (Fsp3) is 1.00. The van der Waals surface area contributed by atoms with E-state index < -0.39 is 0 Å². The fourth-order valence-electron chi connectivity index (χ4n) is 1.32. The van der Waals surface area contributed by atoms with Gasteiger partial charge in [-0.05, 0) is 25.7 Å². The van der Waals surface area contributed by atoms with Crippen molar-refractivity contribution >= 4 is 12.8 Å². The molecule has 4 heteroatoms. The quantitative estimate of drug-likeness (QED) is 0.295. The number of rotatable bonds is 1. The summed E-state index contributed by atoms with van der Waals surface area (Å²) in [4.78, 5) is 0. The van der Waals surface area contributed by atoms with E-state index in [-0.39, 0.29) is 6.10 Å². The average Bonchev–Trinajstić information content (AvgIpc) is 1.88. The molecule has 0 aromatic heterocycles. The summed E-state index contributed by atoms with van der Waals surface area (Å²) in [5, 5.41) is 9.12. The summed E-state index contributed by atoms with van der Waals surface area (Å²) >= 11 is 4.00. The van der Waals surface area contributed by atoms with Crippen LogP contribution in [0.2, 0.25) is 0 Å². The molecule has 3 nitrogen and oxygen atoms in total. The first-order chi connectivity index (χ1) is 4.70. The van der Waals surface area contributed by atoms with E-state index in [1.54, 1.807) is 0 Å². The number of nitrogens with zero attached hydrogens (tertiary/aromatic N) is 1. The second-order valence-corrected chi connectivity index (χ2v) is 3.30. The van der Waals surface area contributed by atoms with Crippen LogP contribution < -0.4 is 5.84 Å². The molecule has 3 N–H and O–H groups in total. The first kappa shape index (κ1) is 8.33. The van der Waals surface area contributed by atoms with Crippen LogP contribution in [-0.2, 0) is 0 Å². The monoisotopic (exact) mass is 162 g/mol. The molecule has 0 atom stereocenters. The highest BCUT2D eigenvalue weighted by Gasteiger charge is 2.21. The van der Waals surface area contributed by atoms with Crippen LogP contribution in [0.1, 0.15) is 25.7 Å². The second kappa shape index (κ2) is 3.57. The Morgan fingerprint density at radius 2 is 1.80 bits per heavy atom. The van der Waals surface area contributed by atoms with Gasteiger partial charge in [-0.15, -0.1) is 0 Å². The first-order valence-electron chi connectivity index (χ1n) is 3.61. The Labute approximate surface area is 66.7 Å². The minimum absolute atomic E-state index is 0.107. The Hall–Kier alpha value is 0.230. The Kier molecular flexibility index (Phi) is 2.97. The van der Waals surface area contributed by atoms with Crippen molar-refractivity contribution < 1.29 is 5.11 Å². The number of hydrogen-bond donors (Lipinski definition) is 3. The highest BCUT2D eigenvalue weighted by molar-refractivity contribution is 7.77. The van der Waals surface area contributed by atoms with Gasteiger partial charge >= 0.3 is 0 Å². The smallest absolute Gasteiger partial charge is 0.0541 e. The van der Waals surface area contributed by atoms with Crippen LogP contribution in [0.15, 0.2) is 0 Å². The molecule has 1 rings (SSSR count). The predicted octanol–water partition coefficient (Wildman–Crippen LogP) is 0.310. The predicted molar refractivity (Wildman–Crippen MR) is 43.3 cm³/mol. The van der Waals surface area contributed by atoms with Crippen molar-refractivity contribution in [3.63, 3.8) is 0 Å². The number of thiol groups is 1. The van der Waals surface area contributed by atoms with Crippen molar-refractivity contribution in [2.75, 3.05) is 0 Å². The van der Waals surface area contributed by atoms with Gasteiger partial charge in [0.1, 0.15) is 0 Å². The van der Waals surface area contributed by atoms with Gasteiger partial charge in [-0.1, -0.05) is 12.8 Å². The normalized spacial score (nSPS) is 34.8. The van der Waals surface area contributed by atoms with Gasteiger partial charge in [0.05, 0.1) is 6.10 Å². The van der Waals surface area contributed by atoms with Crippen LogP contribution in [0, 0.1) is 0 Å². The van der Waals surface area contributed by atoms with Crippen LogP contribution >= 0.6 is 12.8 Å². The Morgan fingerprint density at radius 1 is 1.30 bits per heavy atom. The van der Waals surface area contributed by atoms with Crippen molar-refractivity contribution in [2.24, 2.45) is 5.84 Å². The standard InChI is InChI=1S/C6H14N2OS/c7-8(10)5-1-3-6(9)4-2-5/h5-6,9-10H,1-4,7H2. The van der Waals surface area contributed by atoms with E-state index in [1.165, 1.54) is 4.41 Å². The van der Waals surface area contributed by atoms with E-state index >= 15 is 0 Å². The van der Waals surface area contributed by atoms with Gasteiger partial charge < -0.3 is 5.11 Å². The van der Waals surface area contributed by atoms with Crippen LogP contribution in [0.25, 0.3) is 0 Å². The van der Waals surface area contributed by atoms with Crippen molar-refractivity contribution in [1.29, 1.82) is 0 Å². The molecule has 0 amide bonds. The minimum atomic E-state index is -0.107. The van der Waals surface area contributed by atoms with Crippen molar-refractivity contribution in [3.05, 3.63) is 0 Å². The first-order valence-corrected chi connectivity index (χ1v) is 4.01. The van der Waals surface area contributed by atoms with Crippen LogP contribution in [-0.4, -0.2) is 21.7 Å². The zero-order valence-electron chi connectivity index (χ0n) is 5.90. The van der Waals surface area contributed by atoms with E-state index in [2.05, 4.69) is 12.8 Å². The summed E-state index contributed by atoms with van der Waals surface area (Å²) in [6, 6.07) is 0.353. The van der Waals surface area contributed by atoms with Gasteiger partial charge in [0.2, 0.25) is 0 Å². The number of nitrogens with two attached hydrogens (primary N) is 1. The van der Waals surface area contributed by atoms with Gasteiger partial charge in [0, 0.05) is 6.04 Å². The largest absolute Gasteiger partial charge is 0.393 e. The summed E-state index contributed by atoms with van der Waals surface area (Å²) in [6.45, 7) is 0. The fourth-order valence-corrected chi connectivity index (χ4v) is 1.55. The van der Waals surface area contributed by atoms with E-state index in [0.717, 1.165) is 25.7 Å². The zero-order chi connectivity index (χ0) is 7.56. The molecule has 0 spiro atoms.